The lowest BCUT2D eigenvalue weighted by atomic mass is 9.98. The van der Waals surface area contributed by atoms with Crippen LogP contribution in [-0.2, 0) is 0 Å². The molecule has 0 spiro atoms. The molecule has 2 aromatic carbocycles. The molecule has 1 heterocycles. The van der Waals surface area contributed by atoms with Crippen LogP contribution < -0.4 is 11.1 Å². The van der Waals surface area contributed by atoms with Gasteiger partial charge in [-0.2, -0.15) is 0 Å². The molecule has 0 unspecified atom stereocenters. The number of hydrogen-bond donors (Lipinski definition) is 2. The first-order valence-electron chi connectivity index (χ1n) is 7.00. The molecule has 4 heteroatoms. The Kier molecular flexibility index (Phi) is 3.92. The molecule has 3 aromatic rings. The van der Waals surface area contributed by atoms with Crippen molar-refractivity contribution in [3.63, 3.8) is 0 Å². The van der Waals surface area contributed by atoms with Gasteiger partial charge in [-0.15, -0.1) is 0 Å². The van der Waals surface area contributed by atoms with E-state index in [2.05, 4.69) is 5.32 Å². The lowest BCUT2D eigenvalue weighted by molar-refractivity contribution is 0.0916. The highest BCUT2D eigenvalue weighted by Gasteiger charge is 2.19. The van der Waals surface area contributed by atoms with E-state index in [4.69, 9.17) is 10.2 Å². The zero-order valence-corrected chi connectivity index (χ0v) is 11.9. The van der Waals surface area contributed by atoms with E-state index in [-0.39, 0.29) is 23.6 Å². The van der Waals surface area contributed by atoms with E-state index >= 15 is 0 Å². The second kappa shape index (κ2) is 6.18. The van der Waals surface area contributed by atoms with E-state index in [1.54, 1.807) is 12.1 Å². The molecule has 4 nitrogen and oxygen atoms in total. The molecule has 1 amide bonds. The average Bonchev–Trinajstić information content (AvgIpc) is 3.01. The maximum absolute atomic E-state index is 12.4. The summed E-state index contributed by atoms with van der Waals surface area (Å²) in [6, 6.07) is 22.5. The highest BCUT2D eigenvalue weighted by molar-refractivity contribution is 5.92. The molecule has 1 aromatic heterocycles. The lowest BCUT2D eigenvalue weighted by Gasteiger charge is -2.19. The van der Waals surface area contributed by atoms with Crippen molar-refractivity contribution in [2.75, 3.05) is 5.73 Å². The molecular weight excluding hydrogens is 276 g/mol. The van der Waals surface area contributed by atoms with Crippen molar-refractivity contribution in [3.8, 4) is 0 Å². The largest absolute Gasteiger partial charge is 0.436 e. The molecule has 22 heavy (non-hydrogen) atoms. The summed E-state index contributed by atoms with van der Waals surface area (Å²) in [6.45, 7) is 0. The van der Waals surface area contributed by atoms with Gasteiger partial charge in [-0.1, -0.05) is 60.7 Å². The van der Waals surface area contributed by atoms with Gasteiger partial charge in [0.25, 0.3) is 5.91 Å². The first kappa shape index (κ1) is 13.9. The molecule has 0 atom stereocenters. The Morgan fingerprint density at radius 1 is 0.864 bits per heavy atom. The van der Waals surface area contributed by atoms with Gasteiger partial charge in [0.05, 0.1) is 6.04 Å². The van der Waals surface area contributed by atoms with Crippen LogP contribution in [0.4, 0.5) is 5.88 Å². The van der Waals surface area contributed by atoms with Crippen molar-refractivity contribution in [1.29, 1.82) is 0 Å². The van der Waals surface area contributed by atoms with E-state index < -0.39 is 0 Å². The van der Waals surface area contributed by atoms with Crippen LogP contribution >= 0.6 is 0 Å². The Morgan fingerprint density at radius 2 is 1.41 bits per heavy atom. The number of benzene rings is 2. The number of nitrogens with two attached hydrogens (primary N) is 1. The zero-order chi connectivity index (χ0) is 15.4. The van der Waals surface area contributed by atoms with Crippen LogP contribution in [0.5, 0.6) is 0 Å². The van der Waals surface area contributed by atoms with Crippen molar-refractivity contribution < 1.29 is 9.21 Å². The van der Waals surface area contributed by atoms with Gasteiger partial charge >= 0.3 is 0 Å². The predicted octanol–water partition coefficient (Wildman–Crippen LogP) is 3.38. The standard InChI is InChI=1S/C18H16N2O2/c19-16-12-11-15(22-16)18(21)20-17(13-7-3-1-4-8-13)14-9-5-2-6-10-14/h1-12,17H,19H2,(H,20,21). The van der Waals surface area contributed by atoms with Crippen molar-refractivity contribution >= 4 is 11.8 Å². The number of nitrogen functional groups attached to an aromatic ring is 1. The number of furan rings is 1. The summed E-state index contributed by atoms with van der Waals surface area (Å²) in [5, 5.41) is 2.99. The molecule has 110 valence electrons. The van der Waals surface area contributed by atoms with Crippen molar-refractivity contribution in [2.24, 2.45) is 0 Å². The molecule has 0 radical (unpaired) electrons. The Hall–Kier alpha value is -3.01. The average molecular weight is 292 g/mol. The van der Waals surface area contributed by atoms with Gasteiger partial charge in [-0.05, 0) is 17.2 Å². The molecule has 0 bridgehead atoms. The SMILES string of the molecule is Nc1ccc(C(=O)NC(c2ccccc2)c2ccccc2)o1. The van der Waals surface area contributed by atoms with Gasteiger partial charge in [-0.3, -0.25) is 4.79 Å². The number of amides is 1. The van der Waals surface area contributed by atoms with Gasteiger partial charge in [0.1, 0.15) is 0 Å². The van der Waals surface area contributed by atoms with E-state index in [0.717, 1.165) is 11.1 Å². The summed E-state index contributed by atoms with van der Waals surface area (Å²) < 4.78 is 5.18. The van der Waals surface area contributed by atoms with Gasteiger partial charge in [0.2, 0.25) is 0 Å². The fourth-order valence-corrected chi connectivity index (χ4v) is 2.33. The maximum atomic E-state index is 12.4. The first-order chi connectivity index (χ1) is 10.7. The fourth-order valence-electron chi connectivity index (χ4n) is 2.33. The summed E-state index contributed by atoms with van der Waals surface area (Å²) in [5.41, 5.74) is 7.53. The second-order valence-electron chi connectivity index (χ2n) is 4.93. The van der Waals surface area contributed by atoms with E-state index in [0.29, 0.717) is 0 Å². The molecular formula is C18H16N2O2. The number of carbonyl (C=O) groups is 1. The predicted molar refractivity (Wildman–Crippen MR) is 85.3 cm³/mol. The number of anilines is 1. The van der Waals surface area contributed by atoms with Crippen LogP contribution in [0.1, 0.15) is 27.7 Å². The van der Waals surface area contributed by atoms with Crippen LogP contribution in [0.3, 0.4) is 0 Å². The van der Waals surface area contributed by atoms with Crippen molar-refractivity contribution in [1.82, 2.24) is 5.32 Å². The smallest absolute Gasteiger partial charge is 0.287 e. The van der Waals surface area contributed by atoms with E-state index in [1.807, 2.05) is 60.7 Å². The summed E-state index contributed by atoms with van der Waals surface area (Å²) in [6.07, 6.45) is 0. The minimum atomic E-state index is -0.297. The van der Waals surface area contributed by atoms with Crippen LogP contribution in [-0.4, -0.2) is 5.91 Å². The number of carbonyl (C=O) groups excluding carboxylic acids is 1. The third-order valence-electron chi connectivity index (χ3n) is 3.39. The molecule has 0 aliphatic rings. The summed E-state index contributed by atoms with van der Waals surface area (Å²) in [7, 11) is 0. The third-order valence-corrected chi connectivity index (χ3v) is 3.39. The summed E-state index contributed by atoms with van der Waals surface area (Å²) in [4.78, 5) is 12.4. The normalized spacial score (nSPS) is 10.6. The van der Waals surface area contributed by atoms with Crippen LogP contribution in [0, 0.1) is 0 Å². The molecule has 0 saturated heterocycles. The maximum Gasteiger partial charge on any atom is 0.287 e. The van der Waals surface area contributed by atoms with E-state index in [1.165, 1.54) is 0 Å². The zero-order valence-electron chi connectivity index (χ0n) is 11.9. The Labute approximate surface area is 128 Å². The summed E-state index contributed by atoms with van der Waals surface area (Å²) >= 11 is 0. The lowest BCUT2D eigenvalue weighted by Crippen LogP contribution is -2.29. The minimum Gasteiger partial charge on any atom is -0.436 e. The van der Waals surface area contributed by atoms with Crippen LogP contribution in [0.15, 0.2) is 77.2 Å². The fraction of sp³-hybridized carbons (Fsp3) is 0.0556. The van der Waals surface area contributed by atoms with Crippen LogP contribution in [0.2, 0.25) is 0 Å². The molecule has 3 rings (SSSR count). The van der Waals surface area contributed by atoms with Gasteiger partial charge in [-0.25, -0.2) is 0 Å². The molecule has 0 fully saturated rings. The minimum absolute atomic E-state index is 0.203. The Bertz CT molecular complexity index is 712. The number of nitrogens with one attached hydrogen (secondary N) is 1. The Balaban J connectivity index is 1.91. The monoisotopic (exact) mass is 292 g/mol. The first-order valence-corrected chi connectivity index (χ1v) is 7.00. The van der Waals surface area contributed by atoms with E-state index in [9.17, 15) is 4.79 Å². The van der Waals surface area contributed by atoms with Crippen molar-refractivity contribution in [2.45, 2.75) is 6.04 Å². The summed E-state index contributed by atoms with van der Waals surface area (Å²) in [5.74, 6) is 0.130. The Morgan fingerprint density at radius 3 is 1.86 bits per heavy atom. The number of hydrogen-bond acceptors (Lipinski definition) is 3. The molecule has 3 N–H and O–H groups in total. The van der Waals surface area contributed by atoms with Crippen LogP contribution in [0.25, 0.3) is 0 Å². The van der Waals surface area contributed by atoms with Gasteiger partial charge in [0, 0.05) is 6.07 Å². The third kappa shape index (κ3) is 3.01. The van der Waals surface area contributed by atoms with Crippen molar-refractivity contribution in [3.05, 3.63) is 89.7 Å². The molecule has 0 aliphatic heterocycles. The topological polar surface area (TPSA) is 68.3 Å². The quantitative estimate of drug-likeness (QED) is 0.774. The highest BCUT2D eigenvalue weighted by Crippen LogP contribution is 2.22. The highest BCUT2D eigenvalue weighted by atomic mass is 16.4. The second-order valence-corrected chi connectivity index (χ2v) is 4.93. The van der Waals surface area contributed by atoms with Gasteiger partial charge < -0.3 is 15.5 Å². The molecule has 0 aliphatic carbocycles. The van der Waals surface area contributed by atoms with Gasteiger partial charge in [0.15, 0.2) is 11.6 Å². The number of rotatable bonds is 4. The molecule has 0 saturated carbocycles.